The normalized spacial score (nSPS) is 12.2. The van der Waals surface area contributed by atoms with Crippen LogP contribution in [0.2, 0.25) is 0 Å². The summed E-state index contributed by atoms with van der Waals surface area (Å²) in [4.78, 5) is 18.9. The van der Waals surface area contributed by atoms with Crippen molar-refractivity contribution in [2.75, 3.05) is 7.05 Å². The zero-order chi connectivity index (χ0) is 19.7. The predicted octanol–water partition coefficient (Wildman–Crippen LogP) is 4.60. The molecule has 0 spiro atoms. The lowest BCUT2D eigenvalue weighted by molar-refractivity contribution is -0.140. The molecule has 0 fully saturated rings. The van der Waals surface area contributed by atoms with Crippen molar-refractivity contribution in [2.24, 2.45) is 0 Å². The molecule has 0 aliphatic carbocycles. The number of alkyl halides is 3. The summed E-state index contributed by atoms with van der Waals surface area (Å²) in [5, 5.41) is 0. The van der Waals surface area contributed by atoms with Gasteiger partial charge in [0, 0.05) is 30.6 Å². The van der Waals surface area contributed by atoms with Crippen molar-refractivity contribution in [1.82, 2.24) is 14.9 Å². The van der Waals surface area contributed by atoms with Gasteiger partial charge >= 0.3 is 12.3 Å². The first-order valence-corrected chi connectivity index (χ1v) is 7.72. The van der Waals surface area contributed by atoms with Crippen LogP contribution in [0.25, 0.3) is 11.3 Å². The molecule has 1 N–H and O–H groups in total. The van der Waals surface area contributed by atoms with Crippen molar-refractivity contribution in [1.29, 1.82) is 0 Å². The molecule has 0 aliphatic heterocycles. The Morgan fingerprint density at radius 2 is 1.96 bits per heavy atom. The number of rotatable bonds is 3. The molecule has 2 rings (SSSR count). The molecule has 5 nitrogen and oxygen atoms in total. The van der Waals surface area contributed by atoms with Gasteiger partial charge in [0.25, 0.3) is 0 Å². The number of carbonyl (C=O) groups is 1. The highest BCUT2D eigenvalue weighted by molar-refractivity contribution is 5.68. The summed E-state index contributed by atoms with van der Waals surface area (Å²) in [6, 6.07) is 2.42. The zero-order valence-corrected chi connectivity index (χ0v) is 14.7. The van der Waals surface area contributed by atoms with Crippen molar-refractivity contribution in [3.05, 3.63) is 41.6 Å². The predicted molar refractivity (Wildman–Crippen MR) is 86.7 cm³/mol. The summed E-state index contributed by atoms with van der Waals surface area (Å²) in [5.74, 6) is -0.876. The fraction of sp³-hybridized carbons (Fsp3) is 0.412. The van der Waals surface area contributed by atoms with Gasteiger partial charge in [-0.3, -0.25) is 4.98 Å². The van der Waals surface area contributed by atoms with Crippen LogP contribution in [0.15, 0.2) is 24.5 Å². The first kappa shape index (κ1) is 19.7. The molecule has 2 aromatic rings. The van der Waals surface area contributed by atoms with E-state index in [0.717, 1.165) is 17.2 Å². The number of halogens is 4. The number of nitrogens with one attached hydrogen (secondary N) is 1. The molecule has 9 heteroatoms. The lowest BCUT2D eigenvalue weighted by Gasteiger charge is -2.24. The maximum atomic E-state index is 14.6. The SMILES string of the molecule is CN(Cc1c[nH]c(-c2cccnc2C(F)(F)F)c1F)C(=O)OC(C)(C)C. The quantitative estimate of drug-likeness (QED) is 0.800. The molecule has 1 amide bonds. The fourth-order valence-corrected chi connectivity index (χ4v) is 2.25. The number of pyridine rings is 1. The van der Waals surface area contributed by atoms with Gasteiger partial charge in [0.2, 0.25) is 0 Å². The van der Waals surface area contributed by atoms with Crippen LogP contribution in [0.5, 0.6) is 0 Å². The minimum Gasteiger partial charge on any atom is -0.444 e. The van der Waals surface area contributed by atoms with Gasteiger partial charge < -0.3 is 14.6 Å². The number of nitrogens with zero attached hydrogens (tertiary/aromatic N) is 2. The number of aromatic amines is 1. The summed E-state index contributed by atoms with van der Waals surface area (Å²) in [6.45, 7) is 4.90. The second-order valence-electron chi connectivity index (χ2n) is 6.74. The summed E-state index contributed by atoms with van der Waals surface area (Å²) >= 11 is 0. The van der Waals surface area contributed by atoms with E-state index < -0.39 is 34.9 Å². The minimum atomic E-state index is -4.72. The van der Waals surface area contributed by atoms with E-state index in [0.29, 0.717) is 0 Å². The monoisotopic (exact) mass is 373 g/mol. The highest BCUT2D eigenvalue weighted by Crippen LogP contribution is 2.36. The number of carbonyl (C=O) groups excluding carboxylic acids is 1. The third kappa shape index (κ3) is 4.53. The Morgan fingerprint density at radius 3 is 2.54 bits per heavy atom. The Bertz CT molecular complexity index is 794. The van der Waals surface area contributed by atoms with E-state index in [4.69, 9.17) is 4.74 Å². The third-order valence-electron chi connectivity index (χ3n) is 3.35. The first-order chi connectivity index (χ1) is 11.9. The Morgan fingerprint density at radius 1 is 1.31 bits per heavy atom. The molecule has 0 saturated heterocycles. The van der Waals surface area contributed by atoms with E-state index in [9.17, 15) is 22.4 Å². The topological polar surface area (TPSA) is 58.2 Å². The van der Waals surface area contributed by atoms with Crippen LogP contribution in [-0.2, 0) is 17.5 Å². The van der Waals surface area contributed by atoms with Crippen molar-refractivity contribution >= 4 is 6.09 Å². The summed E-state index contributed by atoms with van der Waals surface area (Å²) in [5.41, 5.74) is -2.61. The Kier molecular flexibility index (Phi) is 5.29. The second kappa shape index (κ2) is 6.97. The van der Waals surface area contributed by atoms with Gasteiger partial charge in [0.05, 0.1) is 12.2 Å². The largest absolute Gasteiger partial charge is 0.444 e. The number of H-pyrrole nitrogens is 1. The molecule has 0 radical (unpaired) electrons. The summed E-state index contributed by atoms with van der Waals surface area (Å²) in [7, 11) is 1.41. The van der Waals surface area contributed by atoms with E-state index in [1.165, 1.54) is 19.3 Å². The molecule has 0 saturated carbocycles. The van der Waals surface area contributed by atoms with E-state index in [-0.39, 0.29) is 17.8 Å². The molecule has 26 heavy (non-hydrogen) atoms. The lowest BCUT2D eigenvalue weighted by Crippen LogP contribution is -2.33. The molecule has 2 aromatic heterocycles. The zero-order valence-electron chi connectivity index (χ0n) is 14.7. The first-order valence-electron chi connectivity index (χ1n) is 7.72. The van der Waals surface area contributed by atoms with E-state index in [1.54, 1.807) is 20.8 Å². The van der Waals surface area contributed by atoms with Gasteiger partial charge in [0.1, 0.15) is 5.60 Å². The van der Waals surface area contributed by atoms with Crippen LogP contribution >= 0.6 is 0 Å². The van der Waals surface area contributed by atoms with Gasteiger partial charge in [0.15, 0.2) is 11.5 Å². The lowest BCUT2D eigenvalue weighted by atomic mass is 10.1. The van der Waals surface area contributed by atoms with Gasteiger partial charge in [-0.05, 0) is 32.9 Å². The summed E-state index contributed by atoms with van der Waals surface area (Å²) in [6.07, 6.45) is -3.18. The smallest absolute Gasteiger partial charge is 0.434 e. The van der Waals surface area contributed by atoms with Crippen molar-refractivity contribution in [3.8, 4) is 11.3 Å². The van der Waals surface area contributed by atoms with Crippen LogP contribution in [0.3, 0.4) is 0 Å². The molecule has 0 unspecified atom stereocenters. The van der Waals surface area contributed by atoms with Crippen LogP contribution in [0.4, 0.5) is 22.4 Å². The van der Waals surface area contributed by atoms with E-state index in [1.807, 2.05) is 0 Å². The Hall–Kier alpha value is -2.58. The van der Waals surface area contributed by atoms with Crippen LogP contribution in [0.1, 0.15) is 32.0 Å². The molecule has 142 valence electrons. The maximum Gasteiger partial charge on any atom is 0.434 e. The second-order valence-corrected chi connectivity index (χ2v) is 6.74. The van der Waals surface area contributed by atoms with Crippen LogP contribution in [0, 0.1) is 5.82 Å². The van der Waals surface area contributed by atoms with Crippen molar-refractivity contribution in [2.45, 2.75) is 39.1 Å². The molecule has 0 atom stereocenters. The van der Waals surface area contributed by atoms with Crippen LogP contribution < -0.4 is 0 Å². The molecule has 2 heterocycles. The van der Waals surface area contributed by atoms with Gasteiger partial charge in [-0.15, -0.1) is 0 Å². The number of hydrogen-bond donors (Lipinski definition) is 1. The van der Waals surface area contributed by atoms with Gasteiger partial charge in [-0.2, -0.15) is 13.2 Å². The standard InChI is InChI=1S/C17H19F4N3O2/c1-16(2,3)26-15(25)24(4)9-10-8-23-13(12(10)18)11-6-5-7-22-14(11)17(19,20)21/h5-8,23H,9H2,1-4H3. The molecular weight excluding hydrogens is 354 g/mol. The Labute approximate surface area is 148 Å². The van der Waals surface area contributed by atoms with Crippen molar-refractivity contribution in [3.63, 3.8) is 0 Å². The van der Waals surface area contributed by atoms with Crippen molar-refractivity contribution < 1.29 is 27.1 Å². The number of ether oxygens (including phenoxy) is 1. The van der Waals surface area contributed by atoms with Crippen LogP contribution in [-0.4, -0.2) is 33.6 Å². The highest BCUT2D eigenvalue weighted by atomic mass is 19.4. The number of aromatic nitrogens is 2. The molecular formula is C17H19F4N3O2. The average molecular weight is 373 g/mol. The maximum absolute atomic E-state index is 14.6. The van der Waals surface area contributed by atoms with E-state index in [2.05, 4.69) is 9.97 Å². The fourth-order valence-electron chi connectivity index (χ4n) is 2.25. The Balaban J connectivity index is 2.28. The average Bonchev–Trinajstić information content (AvgIpc) is 2.85. The van der Waals surface area contributed by atoms with E-state index >= 15 is 0 Å². The highest BCUT2D eigenvalue weighted by Gasteiger charge is 2.36. The third-order valence-corrected chi connectivity index (χ3v) is 3.35. The minimum absolute atomic E-state index is 0.0327. The van der Waals surface area contributed by atoms with Gasteiger partial charge in [-0.1, -0.05) is 0 Å². The number of hydrogen-bond acceptors (Lipinski definition) is 3. The summed E-state index contributed by atoms with van der Waals surface area (Å²) < 4.78 is 59.0. The number of amides is 1. The molecule has 0 bridgehead atoms. The molecule has 0 aliphatic rings. The molecule has 0 aromatic carbocycles. The van der Waals surface area contributed by atoms with Gasteiger partial charge in [-0.25, -0.2) is 9.18 Å².